The molecule has 3 heteroatoms. The first-order valence-electron chi connectivity index (χ1n) is 7.37. The van der Waals surface area contributed by atoms with Gasteiger partial charge < -0.3 is 4.74 Å². The Hall–Kier alpha value is -1.02. The van der Waals surface area contributed by atoms with Crippen LogP contribution < -0.4 is 4.74 Å². The maximum Gasteiger partial charge on any atom is 0.172 e. The van der Waals surface area contributed by atoms with Crippen molar-refractivity contribution in [2.75, 3.05) is 7.11 Å². The van der Waals surface area contributed by atoms with Crippen LogP contribution in [0.5, 0.6) is 5.75 Å². The zero-order valence-corrected chi connectivity index (χ0v) is 13.3. The molecule has 0 spiro atoms. The number of benzene rings is 1. The summed E-state index contributed by atoms with van der Waals surface area (Å²) in [5.41, 5.74) is 0.425. The molecule has 2 nitrogen and oxygen atoms in total. The van der Waals surface area contributed by atoms with Gasteiger partial charge in [0.05, 0.1) is 12.7 Å². The molecule has 0 saturated heterocycles. The van der Waals surface area contributed by atoms with Crippen LogP contribution in [0.3, 0.4) is 0 Å². The summed E-state index contributed by atoms with van der Waals surface area (Å²) in [6.07, 6.45) is 5.20. The Morgan fingerprint density at radius 3 is 2.55 bits per heavy atom. The molecular formula is C17H23ClO2. The number of ketones is 1. The van der Waals surface area contributed by atoms with Crippen molar-refractivity contribution in [2.45, 2.75) is 46.0 Å². The van der Waals surface area contributed by atoms with E-state index in [9.17, 15) is 4.79 Å². The van der Waals surface area contributed by atoms with E-state index in [1.54, 1.807) is 25.3 Å². The molecule has 0 heterocycles. The Morgan fingerprint density at radius 2 is 2.00 bits per heavy atom. The maximum atomic E-state index is 13.1. The molecule has 20 heavy (non-hydrogen) atoms. The fraction of sp³-hybridized carbons (Fsp3) is 0.588. The van der Waals surface area contributed by atoms with Crippen molar-refractivity contribution in [2.24, 2.45) is 11.3 Å². The second-order valence-electron chi connectivity index (χ2n) is 6.26. The predicted molar refractivity (Wildman–Crippen MR) is 82.7 cm³/mol. The third-order valence-corrected chi connectivity index (χ3v) is 4.48. The minimum Gasteiger partial charge on any atom is -0.496 e. The average Bonchev–Trinajstić information content (AvgIpc) is 2.86. The van der Waals surface area contributed by atoms with E-state index in [1.807, 2.05) is 0 Å². The van der Waals surface area contributed by atoms with Crippen LogP contribution in [-0.2, 0) is 0 Å². The van der Waals surface area contributed by atoms with Crippen molar-refractivity contribution >= 4 is 17.4 Å². The van der Waals surface area contributed by atoms with Gasteiger partial charge in [-0.3, -0.25) is 4.79 Å². The highest BCUT2D eigenvalue weighted by Crippen LogP contribution is 2.46. The van der Waals surface area contributed by atoms with Crippen LogP contribution in [0.15, 0.2) is 18.2 Å². The van der Waals surface area contributed by atoms with Crippen molar-refractivity contribution in [1.82, 2.24) is 0 Å². The SMILES string of the molecule is COc1ccc(Cl)cc1C(=O)C1(CC(C)C)CCCC1. The Kier molecular flexibility index (Phi) is 4.74. The first-order chi connectivity index (χ1) is 9.48. The number of rotatable bonds is 5. The zero-order valence-electron chi connectivity index (χ0n) is 12.5. The summed E-state index contributed by atoms with van der Waals surface area (Å²) in [5, 5.41) is 0.590. The molecule has 1 aromatic carbocycles. The van der Waals surface area contributed by atoms with E-state index in [-0.39, 0.29) is 11.2 Å². The van der Waals surface area contributed by atoms with E-state index >= 15 is 0 Å². The lowest BCUT2D eigenvalue weighted by molar-refractivity contribution is 0.0756. The molecule has 1 aromatic rings. The summed E-state index contributed by atoms with van der Waals surface area (Å²) in [5.74, 6) is 1.36. The van der Waals surface area contributed by atoms with Crippen LogP contribution >= 0.6 is 11.6 Å². The smallest absolute Gasteiger partial charge is 0.172 e. The van der Waals surface area contributed by atoms with E-state index in [2.05, 4.69) is 13.8 Å². The molecule has 0 radical (unpaired) electrons. The first-order valence-corrected chi connectivity index (χ1v) is 7.75. The van der Waals surface area contributed by atoms with Gasteiger partial charge in [-0.05, 0) is 43.4 Å². The Bertz CT molecular complexity index is 488. The molecule has 0 atom stereocenters. The van der Waals surface area contributed by atoms with Crippen molar-refractivity contribution in [1.29, 1.82) is 0 Å². The van der Waals surface area contributed by atoms with Gasteiger partial charge in [0.2, 0.25) is 0 Å². The third-order valence-electron chi connectivity index (χ3n) is 4.25. The second-order valence-corrected chi connectivity index (χ2v) is 6.70. The normalized spacial score (nSPS) is 17.4. The molecule has 1 aliphatic rings. The molecule has 0 bridgehead atoms. The van der Waals surface area contributed by atoms with Crippen molar-refractivity contribution in [3.63, 3.8) is 0 Å². The fourth-order valence-electron chi connectivity index (χ4n) is 3.50. The summed E-state index contributed by atoms with van der Waals surface area (Å²) < 4.78 is 5.35. The van der Waals surface area contributed by atoms with E-state index in [4.69, 9.17) is 16.3 Å². The molecule has 0 unspecified atom stereocenters. The van der Waals surface area contributed by atoms with Crippen molar-refractivity contribution < 1.29 is 9.53 Å². The monoisotopic (exact) mass is 294 g/mol. The lowest BCUT2D eigenvalue weighted by atomic mass is 9.73. The van der Waals surface area contributed by atoms with Gasteiger partial charge in [-0.1, -0.05) is 38.3 Å². The molecule has 1 aliphatic carbocycles. The van der Waals surface area contributed by atoms with E-state index < -0.39 is 0 Å². The minimum absolute atomic E-state index is 0.211. The molecule has 1 fully saturated rings. The summed E-state index contributed by atoms with van der Waals surface area (Å²) in [6.45, 7) is 4.37. The summed E-state index contributed by atoms with van der Waals surface area (Å²) in [7, 11) is 1.60. The third kappa shape index (κ3) is 3.01. The molecule has 0 amide bonds. The topological polar surface area (TPSA) is 26.3 Å². The minimum atomic E-state index is -0.216. The standard InChI is InChI=1S/C17H23ClO2/c1-12(2)11-17(8-4-5-9-17)16(19)14-10-13(18)6-7-15(14)20-3/h6-7,10,12H,4-5,8-9,11H2,1-3H3. The molecule has 2 rings (SSSR count). The Labute approximate surface area is 126 Å². The van der Waals surface area contributed by atoms with Gasteiger partial charge in [0, 0.05) is 10.4 Å². The van der Waals surface area contributed by atoms with Gasteiger partial charge in [0.15, 0.2) is 5.78 Å². The van der Waals surface area contributed by atoms with Crippen molar-refractivity contribution in [3.8, 4) is 5.75 Å². The number of carbonyl (C=O) groups is 1. The number of ether oxygens (including phenoxy) is 1. The van der Waals surface area contributed by atoms with Gasteiger partial charge in [0.1, 0.15) is 5.75 Å². The number of Topliss-reactive ketones (excluding diaryl/α,β-unsaturated/α-hetero) is 1. The number of halogens is 1. The average molecular weight is 295 g/mol. The van der Waals surface area contributed by atoms with Gasteiger partial charge in [-0.25, -0.2) is 0 Å². The summed E-state index contributed by atoms with van der Waals surface area (Å²) >= 11 is 6.07. The second kappa shape index (κ2) is 6.17. The number of hydrogen-bond acceptors (Lipinski definition) is 2. The van der Waals surface area contributed by atoms with E-state index in [0.29, 0.717) is 22.3 Å². The largest absolute Gasteiger partial charge is 0.496 e. The fourth-order valence-corrected chi connectivity index (χ4v) is 3.67. The van der Waals surface area contributed by atoms with Crippen LogP contribution in [-0.4, -0.2) is 12.9 Å². The van der Waals surface area contributed by atoms with Gasteiger partial charge >= 0.3 is 0 Å². The van der Waals surface area contributed by atoms with Crippen LogP contribution in [0.25, 0.3) is 0 Å². The highest BCUT2D eigenvalue weighted by molar-refractivity contribution is 6.31. The molecule has 1 saturated carbocycles. The summed E-state index contributed by atoms with van der Waals surface area (Å²) in [4.78, 5) is 13.1. The van der Waals surface area contributed by atoms with Crippen LogP contribution in [0.2, 0.25) is 5.02 Å². The molecular weight excluding hydrogens is 272 g/mol. The van der Waals surface area contributed by atoms with E-state index in [0.717, 1.165) is 32.1 Å². The molecule has 110 valence electrons. The number of methoxy groups -OCH3 is 1. The van der Waals surface area contributed by atoms with Crippen LogP contribution in [0.4, 0.5) is 0 Å². The number of hydrogen-bond donors (Lipinski definition) is 0. The van der Waals surface area contributed by atoms with Crippen LogP contribution in [0, 0.1) is 11.3 Å². The number of carbonyl (C=O) groups excluding carboxylic acids is 1. The lowest BCUT2D eigenvalue weighted by Gasteiger charge is -2.30. The predicted octanol–water partition coefficient (Wildman–Crippen LogP) is 5.14. The quantitative estimate of drug-likeness (QED) is 0.703. The zero-order chi connectivity index (χ0) is 14.8. The first kappa shape index (κ1) is 15.4. The van der Waals surface area contributed by atoms with Gasteiger partial charge in [0.25, 0.3) is 0 Å². The maximum absolute atomic E-state index is 13.1. The van der Waals surface area contributed by atoms with Gasteiger partial charge in [-0.2, -0.15) is 0 Å². The molecule has 0 aromatic heterocycles. The van der Waals surface area contributed by atoms with Crippen molar-refractivity contribution in [3.05, 3.63) is 28.8 Å². The summed E-state index contributed by atoms with van der Waals surface area (Å²) in [6, 6.07) is 5.30. The Balaban J connectivity index is 2.39. The Morgan fingerprint density at radius 1 is 1.35 bits per heavy atom. The lowest BCUT2D eigenvalue weighted by Crippen LogP contribution is -2.30. The van der Waals surface area contributed by atoms with Crippen LogP contribution in [0.1, 0.15) is 56.3 Å². The molecule has 0 N–H and O–H groups in total. The van der Waals surface area contributed by atoms with E-state index in [1.165, 1.54) is 0 Å². The highest BCUT2D eigenvalue weighted by Gasteiger charge is 2.42. The van der Waals surface area contributed by atoms with Gasteiger partial charge in [-0.15, -0.1) is 0 Å². The highest BCUT2D eigenvalue weighted by atomic mass is 35.5. The molecule has 0 aliphatic heterocycles.